The first kappa shape index (κ1) is 15.1. The van der Waals surface area contributed by atoms with E-state index in [9.17, 15) is 9.59 Å². The summed E-state index contributed by atoms with van der Waals surface area (Å²) in [5.41, 5.74) is 1.24. The molecule has 1 aromatic rings. The number of hydrogen-bond donors (Lipinski definition) is 0. The largest absolute Gasteiger partial charge is 0.342 e. The molecule has 22 heavy (non-hydrogen) atoms. The van der Waals surface area contributed by atoms with E-state index in [4.69, 9.17) is 0 Å². The Bertz CT molecular complexity index is 523. The highest BCUT2D eigenvalue weighted by atomic mass is 16.2. The first-order valence-corrected chi connectivity index (χ1v) is 8.34. The topological polar surface area (TPSA) is 40.6 Å². The predicted molar refractivity (Wildman–Crippen MR) is 85.3 cm³/mol. The molecule has 2 heterocycles. The number of nitrogens with zero attached hydrogens (tertiary/aromatic N) is 2. The smallest absolute Gasteiger partial charge is 0.227 e. The number of rotatable bonds is 4. The summed E-state index contributed by atoms with van der Waals surface area (Å²) in [6, 6.07) is 10.2. The zero-order chi connectivity index (χ0) is 15.4. The Morgan fingerprint density at radius 3 is 2.55 bits per heavy atom. The molecule has 2 saturated heterocycles. The van der Waals surface area contributed by atoms with Crippen LogP contribution >= 0.6 is 0 Å². The zero-order valence-corrected chi connectivity index (χ0v) is 13.0. The maximum atomic E-state index is 12.5. The van der Waals surface area contributed by atoms with Gasteiger partial charge in [-0.25, -0.2) is 0 Å². The third-order valence-corrected chi connectivity index (χ3v) is 4.74. The summed E-state index contributed by atoms with van der Waals surface area (Å²) in [5, 5.41) is 0. The van der Waals surface area contributed by atoms with Crippen molar-refractivity contribution >= 4 is 11.8 Å². The second-order valence-electron chi connectivity index (χ2n) is 6.36. The lowest BCUT2D eigenvalue weighted by Gasteiger charge is -2.29. The first-order chi connectivity index (χ1) is 10.7. The van der Waals surface area contributed by atoms with Gasteiger partial charge < -0.3 is 9.80 Å². The van der Waals surface area contributed by atoms with Crippen molar-refractivity contribution in [1.82, 2.24) is 9.80 Å². The average Bonchev–Trinajstić information content (AvgIpc) is 2.95. The van der Waals surface area contributed by atoms with Crippen molar-refractivity contribution in [2.75, 3.05) is 26.2 Å². The molecule has 0 saturated carbocycles. The van der Waals surface area contributed by atoms with E-state index in [1.165, 1.54) is 12.0 Å². The SMILES string of the molecule is O=C1CC(C(=O)N2CCCCC2)CN1CCc1ccccc1. The standard InChI is InChI=1S/C18H24N2O2/c21-17-13-16(18(22)19-10-5-2-6-11-19)14-20(17)12-9-15-7-3-1-4-8-15/h1,3-4,7-8,16H,2,5-6,9-14H2. The number of amides is 2. The number of carbonyl (C=O) groups is 2. The summed E-state index contributed by atoms with van der Waals surface area (Å²) < 4.78 is 0. The van der Waals surface area contributed by atoms with Crippen LogP contribution in [0.3, 0.4) is 0 Å². The Morgan fingerprint density at radius 1 is 1.09 bits per heavy atom. The highest BCUT2D eigenvalue weighted by molar-refractivity contribution is 5.89. The lowest BCUT2D eigenvalue weighted by Crippen LogP contribution is -2.40. The molecule has 1 aromatic carbocycles. The molecule has 118 valence electrons. The predicted octanol–water partition coefficient (Wildman–Crippen LogP) is 2.09. The number of piperidine rings is 1. The monoisotopic (exact) mass is 300 g/mol. The van der Waals surface area contributed by atoms with Crippen molar-refractivity contribution in [3.8, 4) is 0 Å². The summed E-state index contributed by atoms with van der Waals surface area (Å²) in [6.45, 7) is 3.05. The van der Waals surface area contributed by atoms with E-state index in [2.05, 4.69) is 12.1 Å². The van der Waals surface area contributed by atoms with E-state index in [0.717, 1.165) is 32.4 Å². The molecule has 4 nitrogen and oxygen atoms in total. The van der Waals surface area contributed by atoms with Crippen molar-refractivity contribution in [2.45, 2.75) is 32.1 Å². The van der Waals surface area contributed by atoms with Crippen LogP contribution in [0.2, 0.25) is 0 Å². The molecule has 2 aliphatic rings. The van der Waals surface area contributed by atoms with Crippen LogP contribution in [0.1, 0.15) is 31.2 Å². The highest BCUT2D eigenvalue weighted by Crippen LogP contribution is 2.22. The van der Waals surface area contributed by atoms with Crippen LogP contribution in [0.5, 0.6) is 0 Å². The minimum Gasteiger partial charge on any atom is -0.342 e. The van der Waals surface area contributed by atoms with Gasteiger partial charge in [-0.1, -0.05) is 30.3 Å². The number of hydrogen-bond acceptors (Lipinski definition) is 2. The molecule has 2 aliphatic heterocycles. The van der Waals surface area contributed by atoms with E-state index >= 15 is 0 Å². The van der Waals surface area contributed by atoms with E-state index < -0.39 is 0 Å². The maximum Gasteiger partial charge on any atom is 0.227 e. The van der Waals surface area contributed by atoms with Gasteiger partial charge in [0.1, 0.15) is 0 Å². The molecule has 2 fully saturated rings. The van der Waals surface area contributed by atoms with Crippen LogP contribution in [0.25, 0.3) is 0 Å². The Labute approximate surface area is 132 Å². The normalized spacial score (nSPS) is 22.2. The molecule has 4 heteroatoms. The molecule has 2 amide bonds. The fourth-order valence-electron chi connectivity index (χ4n) is 3.43. The van der Waals surface area contributed by atoms with Gasteiger partial charge in [-0.05, 0) is 31.2 Å². The van der Waals surface area contributed by atoms with E-state index in [1.807, 2.05) is 28.0 Å². The van der Waals surface area contributed by atoms with Crippen molar-refractivity contribution in [1.29, 1.82) is 0 Å². The second-order valence-corrected chi connectivity index (χ2v) is 6.36. The molecule has 0 radical (unpaired) electrons. The second kappa shape index (κ2) is 6.95. The van der Waals surface area contributed by atoms with Crippen molar-refractivity contribution in [3.05, 3.63) is 35.9 Å². The molecule has 0 bridgehead atoms. The van der Waals surface area contributed by atoms with Crippen molar-refractivity contribution < 1.29 is 9.59 Å². The van der Waals surface area contributed by atoms with Crippen LogP contribution in [-0.2, 0) is 16.0 Å². The van der Waals surface area contributed by atoms with Gasteiger partial charge in [-0.2, -0.15) is 0 Å². The van der Waals surface area contributed by atoms with Crippen LogP contribution in [0.15, 0.2) is 30.3 Å². The molecular weight excluding hydrogens is 276 g/mol. The fourth-order valence-corrected chi connectivity index (χ4v) is 3.43. The van der Waals surface area contributed by atoms with Crippen LogP contribution < -0.4 is 0 Å². The lowest BCUT2D eigenvalue weighted by atomic mass is 10.0. The van der Waals surface area contributed by atoms with Gasteiger partial charge in [-0.3, -0.25) is 9.59 Å². The zero-order valence-electron chi connectivity index (χ0n) is 13.0. The molecule has 0 N–H and O–H groups in total. The summed E-state index contributed by atoms with van der Waals surface area (Å²) in [5.74, 6) is 0.197. The Morgan fingerprint density at radius 2 is 1.82 bits per heavy atom. The fraction of sp³-hybridized carbons (Fsp3) is 0.556. The quantitative estimate of drug-likeness (QED) is 0.854. The van der Waals surface area contributed by atoms with Crippen molar-refractivity contribution in [2.24, 2.45) is 5.92 Å². The van der Waals surface area contributed by atoms with Gasteiger partial charge in [-0.15, -0.1) is 0 Å². The summed E-state index contributed by atoms with van der Waals surface area (Å²) in [7, 11) is 0. The van der Waals surface area contributed by atoms with Crippen LogP contribution in [0.4, 0.5) is 0 Å². The third-order valence-electron chi connectivity index (χ3n) is 4.74. The van der Waals surface area contributed by atoms with Gasteiger partial charge >= 0.3 is 0 Å². The summed E-state index contributed by atoms with van der Waals surface area (Å²) in [6.07, 6.45) is 4.67. The molecule has 0 aromatic heterocycles. The summed E-state index contributed by atoms with van der Waals surface area (Å²) >= 11 is 0. The van der Waals surface area contributed by atoms with Gasteiger partial charge in [0.2, 0.25) is 11.8 Å². The van der Waals surface area contributed by atoms with E-state index in [-0.39, 0.29) is 17.7 Å². The lowest BCUT2D eigenvalue weighted by molar-refractivity contribution is -0.136. The minimum atomic E-state index is -0.124. The minimum absolute atomic E-state index is 0.124. The van der Waals surface area contributed by atoms with Gasteiger partial charge in [0.05, 0.1) is 5.92 Å². The molecular formula is C18H24N2O2. The van der Waals surface area contributed by atoms with Gasteiger partial charge in [0.15, 0.2) is 0 Å². The maximum absolute atomic E-state index is 12.5. The summed E-state index contributed by atoms with van der Waals surface area (Å²) in [4.78, 5) is 28.5. The highest BCUT2D eigenvalue weighted by Gasteiger charge is 2.36. The van der Waals surface area contributed by atoms with Crippen LogP contribution in [-0.4, -0.2) is 47.8 Å². The number of carbonyl (C=O) groups excluding carboxylic acids is 2. The molecule has 1 unspecified atom stereocenters. The number of likely N-dealkylation sites (tertiary alicyclic amines) is 2. The third kappa shape index (κ3) is 3.49. The molecule has 0 spiro atoms. The van der Waals surface area contributed by atoms with E-state index in [0.29, 0.717) is 19.5 Å². The molecule has 3 rings (SSSR count). The Balaban J connectivity index is 1.52. The van der Waals surface area contributed by atoms with E-state index in [1.54, 1.807) is 0 Å². The molecule has 1 atom stereocenters. The molecule has 0 aliphatic carbocycles. The average molecular weight is 300 g/mol. The van der Waals surface area contributed by atoms with Gasteiger partial charge in [0.25, 0.3) is 0 Å². The van der Waals surface area contributed by atoms with Gasteiger partial charge in [0, 0.05) is 32.6 Å². The van der Waals surface area contributed by atoms with Crippen LogP contribution in [0, 0.1) is 5.92 Å². The number of benzene rings is 1. The Kier molecular flexibility index (Phi) is 4.76. The van der Waals surface area contributed by atoms with Crippen molar-refractivity contribution in [3.63, 3.8) is 0 Å². The Hall–Kier alpha value is -1.84. The first-order valence-electron chi connectivity index (χ1n) is 8.34.